The van der Waals surface area contributed by atoms with Gasteiger partial charge < -0.3 is 15.0 Å². The maximum absolute atomic E-state index is 12.5. The van der Waals surface area contributed by atoms with Crippen LogP contribution in [0.5, 0.6) is 0 Å². The lowest BCUT2D eigenvalue weighted by Crippen LogP contribution is -2.51. The summed E-state index contributed by atoms with van der Waals surface area (Å²) >= 11 is 0. The highest BCUT2D eigenvalue weighted by atomic mass is 16.5. The molecule has 0 bridgehead atoms. The van der Waals surface area contributed by atoms with Crippen LogP contribution in [0.1, 0.15) is 11.1 Å². The molecule has 0 spiro atoms. The first-order chi connectivity index (χ1) is 12.1. The normalized spacial score (nSPS) is 19.8. The molecular weight excluding hydrogens is 316 g/mol. The number of anilines is 1. The smallest absolute Gasteiger partial charge is 0.321 e. The molecule has 2 aliphatic rings. The van der Waals surface area contributed by atoms with Gasteiger partial charge in [-0.05, 0) is 37.1 Å². The summed E-state index contributed by atoms with van der Waals surface area (Å²) in [7, 11) is 0. The van der Waals surface area contributed by atoms with E-state index in [0.29, 0.717) is 0 Å². The van der Waals surface area contributed by atoms with Crippen molar-refractivity contribution in [1.82, 2.24) is 14.7 Å². The van der Waals surface area contributed by atoms with Crippen LogP contribution in [-0.2, 0) is 4.74 Å². The van der Waals surface area contributed by atoms with Crippen molar-refractivity contribution in [3.8, 4) is 0 Å². The fourth-order valence-electron chi connectivity index (χ4n) is 3.53. The molecule has 2 fully saturated rings. The highest BCUT2D eigenvalue weighted by Crippen LogP contribution is 2.15. The zero-order valence-electron chi connectivity index (χ0n) is 15.5. The number of carbonyl (C=O) groups is 1. The molecule has 0 aliphatic carbocycles. The molecule has 3 rings (SSSR count). The van der Waals surface area contributed by atoms with Gasteiger partial charge >= 0.3 is 6.03 Å². The van der Waals surface area contributed by atoms with Crippen molar-refractivity contribution in [2.24, 2.45) is 0 Å². The summed E-state index contributed by atoms with van der Waals surface area (Å²) in [6, 6.07) is 6.16. The van der Waals surface area contributed by atoms with Crippen LogP contribution in [0.15, 0.2) is 18.2 Å². The minimum atomic E-state index is 0.0119. The van der Waals surface area contributed by atoms with E-state index in [1.807, 2.05) is 17.0 Å². The Bertz CT molecular complexity index is 559. The monoisotopic (exact) mass is 346 g/mol. The van der Waals surface area contributed by atoms with E-state index in [-0.39, 0.29) is 6.03 Å². The highest BCUT2D eigenvalue weighted by molar-refractivity contribution is 5.89. The van der Waals surface area contributed by atoms with Crippen molar-refractivity contribution >= 4 is 11.7 Å². The number of carbonyl (C=O) groups excluding carboxylic acids is 1. The van der Waals surface area contributed by atoms with E-state index >= 15 is 0 Å². The number of rotatable bonds is 4. The lowest BCUT2D eigenvalue weighted by molar-refractivity contribution is 0.0311. The van der Waals surface area contributed by atoms with Gasteiger partial charge in [0.25, 0.3) is 0 Å². The molecule has 0 atom stereocenters. The number of benzene rings is 1. The molecule has 2 aliphatic heterocycles. The van der Waals surface area contributed by atoms with Crippen molar-refractivity contribution in [3.05, 3.63) is 29.3 Å². The largest absolute Gasteiger partial charge is 0.379 e. The van der Waals surface area contributed by atoms with Gasteiger partial charge in [0.15, 0.2) is 0 Å². The maximum atomic E-state index is 12.5. The number of piperazine rings is 1. The van der Waals surface area contributed by atoms with Crippen molar-refractivity contribution in [2.75, 3.05) is 70.9 Å². The van der Waals surface area contributed by atoms with E-state index in [2.05, 4.69) is 35.0 Å². The van der Waals surface area contributed by atoms with Crippen LogP contribution >= 0.6 is 0 Å². The average Bonchev–Trinajstić information content (AvgIpc) is 2.60. The Balaban J connectivity index is 1.41. The summed E-state index contributed by atoms with van der Waals surface area (Å²) in [5, 5.41) is 3.04. The summed E-state index contributed by atoms with van der Waals surface area (Å²) in [6.45, 7) is 13.5. The van der Waals surface area contributed by atoms with Crippen molar-refractivity contribution in [1.29, 1.82) is 0 Å². The summed E-state index contributed by atoms with van der Waals surface area (Å²) in [5.41, 5.74) is 3.23. The fourth-order valence-corrected chi connectivity index (χ4v) is 3.53. The van der Waals surface area contributed by atoms with E-state index in [1.165, 1.54) is 11.1 Å². The molecule has 2 heterocycles. The fraction of sp³-hybridized carbons (Fsp3) is 0.632. The first kappa shape index (κ1) is 18.2. The lowest BCUT2D eigenvalue weighted by Gasteiger charge is -2.36. The number of aryl methyl sites for hydroxylation is 2. The number of amides is 2. The van der Waals surface area contributed by atoms with Crippen molar-refractivity contribution < 1.29 is 9.53 Å². The molecule has 0 unspecified atom stereocenters. The quantitative estimate of drug-likeness (QED) is 0.903. The van der Waals surface area contributed by atoms with Crippen molar-refractivity contribution in [2.45, 2.75) is 13.8 Å². The standard InChI is InChI=1S/C19H30N4O2/c1-16-13-17(2)15-18(14-16)20-19(24)23-7-5-21(6-8-23)3-4-22-9-11-25-12-10-22/h13-15H,3-12H2,1-2H3,(H,20,24). The van der Waals surface area contributed by atoms with Gasteiger partial charge in [-0.1, -0.05) is 6.07 Å². The second-order valence-electron chi connectivity index (χ2n) is 7.09. The number of nitrogens with zero attached hydrogens (tertiary/aromatic N) is 3. The van der Waals surface area contributed by atoms with E-state index in [9.17, 15) is 4.79 Å². The number of nitrogens with one attached hydrogen (secondary N) is 1. The van der Waals surface area contributed by atoms with Crippen LogP contribution in [0.4, 0.5) is 10.5 Å². The van der Waals surface area contributed by atoms with Crippen LogP contribution in [0.3, 0.4) is 0 Å². The third kappa shape index (κ3) is 5.42. The molecule has 1 aromatic rings. The molecule has 0 saturated carbocycles. The topological polar surface area (TPSA) is 48.1 Å². The predicted octanol–water partition coefficient (Wildman–Crippen LogP) is 1.79. The number of hydrogen-bond donors (Lipinski definition) is 1. The Morgan fingerprint density at radius 1 is 0.920 bits per heavy atom. The van der Waals surface area contributed by atoms with Gasteiger partial charge in [-0.25, -0.2) is 4.79 Å². The van der Waals surface area contributed by atoms with Crippen LogP contribution in [0.2, 0.25) is 0 Å². The minimum Gasteiger partial charge on any atom is -0.379 e. The van der Waals surface area contributed by atoms with Gasteiger partial charge in [-0.15, -0.1) is 0 Å². The third-order valence-electron chi connectivity index (χ3n) is 4.97. The van der Waals surface area contributed by atoms with Crippen LogP contribution in [0.25, 0.3) is 0 Å². The average molecular weight is 346 g/mol. The molecule has 1 N–H and O–H groups in total. The van der Waals surface area contributed by atoms with E-state index in [0.717, 1.165) is 71.3 Å². The SMILES string of the molecule is Cc1cc(C)cc(NC(=O)N2CCN(CCN3CCOCC3)CC2)c1. The zero-order valence-corrected chi connectivity index (χ0v) is 15.5. The third-order valence-corrected chi connectivity index (χ3v) is 4.97. The van der Waals surface area contributed by atoms with Gasteiger partial charge in [0.2, 0.25) is 0 Å². The molecule has 25 heavy (non-hydrogen) atoms. The first-order valence-electron chi connectivity index (χ1n) is 9.27. The molecule has 6 nitrogen and oxygen atoms in total. The van der Waals surface area contributed by atoms with Gasteiger partial charge in [0.05, 0.1) is 13.2 Å². The second-order valence-corrected chi connectivity index (χ2v) is 7.09. The zero-order chi connectivity index (χ0) is 17.6. The van der Waals surface area contributed by atoms with Gasteiger partial charge in [0, 0.05) is 58.0 Å². The van der Waals surface area contributed by atoms with E-state index < -0.39 is 0 Å². The Labute approximate surface area is 150 Å². The summed E-state index contributed by atoms with van der Waals surface area (Å²) in [4.78, 5) is 19.3. The Morgan fingerprint density at radius 2 is 1.48 bits per heavy atom. The molecule has 1 aromatic carbocycles. The molecule has 0 aromatic heterocycles. The summed E-state index contributed by atoms with van der Waals surface area (Å²) < 4.78 is 5.39. The molecular formula is C19H30N4O2. The van der Waals surface area contributed by atoms with Gasteiger partial charge in [-0.2, -0.15) is 0 Å². The highest BCUT2D eigenvalue weighted by Gasteiger charge is 2.21. The van der Waals surface area contributed by atoms with Crippen LogP contribution in [-0.4, -0.2) is 86.3 Å². The Kier molecular flexibility index (Phi) is 6.29. The molecule has 2 saturated heterocycles. The van der Waals surface area contributed by atoms with Gasteiger partial charge in [0.1, 0.15) is 0 Å². The minimum absolute atomic E-state index is 0.0119. The van der Waals surface area contributed by atoms with Crippen LogP contribution < -0.4 is 5.32 Å². The number of hydrogen-bond acceptors (Lipinski definition) is 4. The van der Waals surface area contributed by atoms with Crippen molar-refractivity contribution in [3.63, 3.8) is 0 Å². The van der Waals surface area contributed by atoms with E-state index in [1.54, 1.807) is 0 Å². The number of ether oxygens (including phenoxy) is 1. The molecule has 138 valence electrons. The lowest BCUT2D eigenvalue weighted by atomic mass is 10.1. The summed E-state index contributed by atoms with van der Waals surface area (Å²) in [5.74, 6) is 0. The Hall–Kier alpha value is -1.63. The predicted molar refractivity (Wildman–Crippen MR) is 100 cm³/mol. The number of morpholine rings is 1. The first-order valence-corrected chi connectivity index (χ1v) is 9.27. The van der Waals surface area contributed by atoms with Crippen LogP contribution in [0, 0.1) is 13.8 Å². The second kappa shape index (κ2) is 8.65. The Morgan fingerprint density at radius 3 is 2.08 bits per heavy atom. The summed E-state index contributed by atoms with van der Waals surface area (Å²) in [6.07, 6.45) is 0. The molecule has 2 amide bonds. The molecule has 6 heteroatoms. The van der Waals surface area contributed by atoms with E-state index in [4.69, 9.17) is 4.74 Å². The maximum Gasteiger partial charge on any atom is 0.321 e. The molecule has 0 radical (unpaired) electrons. The van der Waals surface area contributed by atoms with Gasteiger partial charge in [-0.3, -0.25) is 9.80 Å². The number of urea groups is 1.